The van der Waals surface area contributed by atoms with Crippen molar-refractivity contribution in [1.82, 2.24) is 10.6 Å². The molecule has 2 N–H and O–H groups in total. The van der Waals surface area contributed by atoms with Gasteiger partial charge in [0.1, 0.15) is 5.75 Å². The number of alkyl halides is 3. The highest BCUT2D eigenvalue weighted by molar-refractivity contribution is 14.0. The minimum absolute atomic E-state index is 0. The van der Waals surface area contributed by atoms with E-state index in [1.807, 2.05) is 11.4 Å². The summed E-state index contributed by atoms with van der Waals surface area (Å²) in [4.78, 5) is 5.47. The van der Waals surface area contributed by atoms with E-state index in [0.29, 0.717) is 11.5 Å². The SMILES string of the molecule is CN=C(NCCc1cccs1)NC1CC1c1ccccc1OC(F)(F)F.I. The second kappa shape index (κ2) is 9.63. The average Bonchev–Trinajstić information content (AvgIpc) is 3.14. The highest BCUT2D eigenvalue weighted by Crippen LogP contribution is 2.45. The van der Waals surface area contributed by atoms with Gasteiger partial charge in [0, 0.05) is 30.4 Å². The van der Waals surface area contributed by atoms with Crippen molar-refractivity contribution in [2.45, 2.75) is 31.2 Å². The molecule has 1 aliphatic rings. The number of benzene rings is 1. The van der Waals surface area contributed by atoms with Crippen molar-refractivity contribution in [1.29, 1.82) is 0 Å². The lowest BCUT2D eigenvalue weighted by molar-refractivity contribution is -0.274. The fourth-order valence-electron chi connectivity index (χ4n) is 2.83. The van der Waals surface area contributed by atoms with Crippen LogP contribution in [-0.4, -0.2) is 32.0 Å². The number of guanidine groups is 1. The molecule has 9 heteroatoms. The van der Waals surface area contributed by atoms with Crippen LogP contribution in [0.5, 0.6) is 5.75 Å². The third-order valence-corrected chi connectivity index (χ3v) is 5.06. The number of hydrogen-bond acceptors (Lipinski definition) is 3. The highest BCUT2D eigenvalue weighted by atomic mass is 127. The molecule has 2 unspecified atom stereocenters. The molecular formula is C18H21F3IN3OS. The summed E-state index contributed by atoms with van der Waals surface area (Å²) in [6.45, 7) is 0.741. The quantitative estimate of drug-likeness (QED) is 0.341. The molecule has 2 atom stereocenters. The van der Waals surface area contributed by atoms with Gasteiger partial charge in [-0.3, -0.25) is 4.99 Å². The minimum atomic E-state index is -4.69. The second-order valence-electron chi connectivity index (χ2n) is 6.01. The number of nitrogens with one attached hydrogen (secondary N) is 2. The molecule has 27 heavy (non-hydrogen) atoms. The lowest BCUT2D eigenvalue weighted by Crippen LogP contribution is -2.39. The van der Waals surface area contributed by atoms with Gasteiger partial charge in [0.15, 0.2) is 5.96 Å². The molecule has 1 heterocycles. The molecule has 1 aromatic heterocycles. The van der Waals surface area contributed by atoms with Gasteiger partial charge in [0.05, 0.1) is 0 Å². The summed E-state index contributed by atoms with van der Waals surface area (Å²) < 4.78 is 41.8. The van der Waals surface area contributed by atoms with E-state index in [-0.39, 0.29) is 41.7 Å². The van der Waals surface area contributed by atoms with Crippen LogP contribution >= 0.6 is 35.3 Å². The van der Waals surface area contributed by atoms with Gasteiger partial charge in [0.2, 0.25) is 0 Å². The molecule has 1 saturated carbocycles. The zero-order valence-corrected chi connectivity index (χ0v) is 17.8. The van der Waals surface area contributed by atoms with E-state index >= 15 is 0 Å². The fraction of sp³-hybridized carbons (Fsp3) is 0.389. The third-order valence-electron chi connectivity index (χ3n) is 4.12. The lowest BCUT2D eigenvalue weighted by Gasteiger charge is -2.14. The monoisotopic (exact) mass is 511 g/mol. The van der Waals surface area contributed by atoms with Crippen molar-refractivity contribution in [3.8, 4) is 5.75 Å². The molecule has 2 aromatic rings. The Morgan fingerprint density at radius 2 is 2.04 bits per heavy atom. The first kappa shape index (κ1) is 21.8. The van der Waals surface area contributed by atoms with Gasteiger partial charge in [0.25, 0.3) is 0 Å². The molecule has 148 valence electrons. The summed E-state index contributed by atoms with van der Waals surface area (Å²) >= 11 is 1.71. The van der Waals surface area contributed by atoms with E-state index < -0.39 is 6.36 Å². The number of rotatable bonds is 6. The number of hydrogen-bond donors (Lipinski definition) is 2. The minimum Gasteiger partial charge on any atom is -0.405 e. The number of thiophene rings is 1. The lowest BCUT2D eigenvalue weighted by atomic mass is 10.1. The van der Waals surface area contributed by atoms with E-state index in [9.17, 15) is 13.2 Å². The Labute approximate surface area is 177 Å². The zero-order valence-electron chi connectivity index (χ0n) is 14.6. The largest absolute Gasteiger partial charge is 0.573 e. The van der Waals surface area contributed by atoms with Gasteiger partial charge in [-0.25, -0.2) is 0 Å². The summed E-state index contributed by atoms with van der Waals surface area (Å²) in [6.07, 6.45) is -3.05. The van der Waals surface area contributed by atoms with Crippen molar-refractivity contribution in [2.24, 2.45) is 4.99 Å². The van der Waals surface area contributed by atoms with Crippen molar-refractivity contribution in [3.63, 3.8) is 0 Å². The van der Waals surface area contributed by atoms with Crippen LogP contribution in [-0.2, 0) is 6.42 Å². The smallest absolute Gasteiger partial charge is 0.405 e. The van der Waals surface area contributed by atoms with Gasteiger partial charge in [-0.15, -0.1) is 48.5 Å². The van der Waals surface area contributed by atoms with Crippen LogP contribution in [0, 0.1) is 0 Å². The molecule has 1 fully saturated rings. The van der Waals surface area contributed by atoms with Crippen LogP contribution in [0.15, 0.2) is 46.8 Å². The molecule has 0 radical (unpaired) electrons. The van der Waals surface area contributed by atoms with E-state index in [2.05, 4.69) is 26.4 Å². The second-order valence-corrected chi connectivity index (χ2v) is 7.04. The zero-order chi connectivity index (χ0) is 18.6. The molecule has 0 aliphatic heterocycles. The van der Waals surface area contributed by atoms with Crippen LogP contribution < -0.4 is 15.4 Å². The Morgan fingerprint density at radius 3 is 2.70 bits per heavy atom. The Bertz CT molecular complexity index is 753. The molecule has 0 spiro atoms. The number of halogens is 4. The average molecular weight is 511 g/mol. The van der Waals surface area contributed by atoms with E-state index in [1.165, 1.54) is 10.9 Å². The molecule has 1 aromatic carbocycles. The van der Waals surface area contributed by atoms with Crippen LogP contribution in [0.4, 0.5) is 13.2 Å². The number of aliphatic imine (C=N–C) groups is 1. The first-order valence-corrected chi connectivity index (χ1v) is 9.18. The number of ether oxygens (including phenoxy) is 1. The van der Waals surface area contributed by atoms with Gasteiger partial charge in [-0.05, 0) is 35.9 Å². The summed E-state index contributed by atoms with van der Waals surface area (Å²) in [5, 5.41) is 8.54. The molecule has 1 aliphatic carbocycles. The first-order valence-electron chi connectivity index (χ1n) is 8.30. The summed E-state index contributed by atoms with van der Waals surface area (Å²) in [5.41, 5.74) is 0.566. The van der Waals surface area contributed by atoms with Crippen molar-refractivity contribution in [2.75, 3.05) is 13.6 Å². The van der Waals surface area contributed by atoms with Gasteiger partial charge in [-0.2, -0.15) is 0 Å². The summed E-state index contributed by atoms with van der Waals surface area (Å²) in [5.74, 6) is 0.502. The summed E-state index contributed by atoms with van der Waals surface area (Å²) in [7, 11) is 1.68. The van der Waals surface area contributed by atoms with Gasteiger partial charge in [-0.1, -0.05) is 24.3 Å². The fourth-order valence-corrected chi connectivity index (χ4v) is 3.54. The number of para-hydroxylation sites is 1. The van der Waals surface area contributed by atoms with Crippen LogP contribution in [0.25, 0.3) is 0 Å². The normalized spacial score (nSPS) is 19.2. The maximum Gasteiger partial charge on any atom is 0.573 e. The molecule has 0 bridgehead atoms. The van der Waals surface area contributed by atoms with Crippen molar-refractivity contribution >= 4 is 41.3 Å². The maximum absolute atomic E-state index is 12.6. The Kier molecular flexibility index (Phi) is 7.78. The number of nitrogens with zero attached hydrogens (tertiary/aromatic N) is 1. The van der Waals surface area contributed by atoms with Gasteiger partial charge >= 0.3 is 6.36 Å². The van der Waals surface area contributed by atoms with Crippen LogP contribution in [0.2, 0.25) is 0 Å². The standard InChI is InChI=1S/C18H20F3N3OS.HI/c1-22-17(23-9-8-12-5-4-10-26-12)24-15-11-14(15)13-6-2-3-7-16(13)25-18(19,20)21;/h2-7,10,14-15H,8-9,11H2,1H3,(H2,22,23,24);1H. The molecule has 3 rings (SSSR count). The third kappa shape index (κ3) is 6.56. The Balaban J connectivity index is 0.00000261. The Morgan fingerprint density at radius 1 is 1.26 bits per heavy atom. The maximum atomic E-state index is 12.6. The van der Waals surface area contributed by atoms with Gasteiger partial charge < -0.3 is 15.4 Å². The highest BCUT2D eigenvalue weighted by Gasteiger charge is 2.42. The van der Waals surface area contributed by atoms with E-state index in [1.54, 1.807) is 36.6 Å². The molecule has 4 nitrogen and oxygen atoms in total. The van der Waals surface area contributed by atoms with E-state index in [4.69, 9.17) is 0 Å². The Hall–Kier alpha value is -1.49. The topological polar surface area (TPSA) is 45.7 Å². The van der Waals surface area contributed by atoms with Crippen LogP contribution in [0.1, 0.15) is 22.8 Å². The van der Waals surface area contributed by atoms with Crippen molar-refractivity contribution in [3.05, 3.63) is 52.2 Å². The predicted molar refractivity (Wildman–Crippen MR) is 112 cm³/mol. The predicted octanol–water partition coefficient (Wildman–Crippen LogP) is 4.53. The molecule has 0 amide bonds. The molecule has 0 saturated heterocycles. The van der Waals surface area contributed by atoms with Crippen LogP contribution in [0.3, 0.4) is 0 Å². The molecular weight excluding hydrogens is 490 g/mol. The first-order chi connectivity index (χ1) is 12.5. The summed E-state index contributed by atoms with van der Waals surface area (Å²) in [6, 6.07) is 10.4. The van der Waals surface area contributed by atoms with Crippen molar-refractivity contribution < 1.29 is 17.9 Å². The van der Waals surface area contributed by atoms with E-state index in [0.717, 1.165) is 19.4 Å².